The maximum atomic E-state index is 10.9. The van der Waals surface area contributed by atoms with E-state index < -0.39 is 12.0 Å². The molecule has 0 saturated heterocycles. The van der Waals surface area contributed by atoms with Crippen molar-refractivity contribution in [3.8, 4) is 0 Å². The zero-order chi connectivity index (χ0) is 10.4. The number of rotatable bonds is 3. The molecule has 5 nitrogen and oxygen atoms in total. The molecule has 0 atom stereocenters. The molecule has 0 aliphatic carbocycles. The molecule has 0 spiro atoms. The van der Waals surface area contributed by atoms with Gasteiger partial charge in [-0.2, -0.15) is 0 Å². The summed E-state index contributed by atoms with van der Waals surface area (Å²) in [5.41, 5.74) is 5.72. The normalized spacial score (nSPS) is 11.6. The van der Waals surface area contributed by atoms with Crippen molar-refractivity contribution in [2.24, 2.45) is 5.73 Å². The molecule has 0 aromatic carbocycles. The third-order valence-corrected chi connectivity index (χ3v) is 1.50. The molecule has 2 amide bonds. The second kappa shape index (κ2) is 5.18. The van der Waals surface area contributed by atoms with Crippen LogP contribution in [-0.4, -0.2) is 18.6 Å². The number of hydrogen-bond donors (Lipinski definition) is 2. The fraction of sp³-hybridized carbons (Fsp3) is 0.500. The van der Waals surface area contributed by atoms with Crippen LogP contribution in [0.4, 0.5) is 4.79 Å². The van der Waals surface area contributed by atoms with Crippen LogP contribution < -0.4 is 11.1 Å². The summed E-state index contributed by atoms with van der Waals surface area (Å²) in [5, 5.41) is 2.38. The lowest BCUT2D eigenvalue weighted by Crippen LogP contribution is -2.26. The largest absolute Gasteiger partial charge is 0.450 e. The van der Waals surface area contributed by atoms with Gasteiger partial charge in [-0.25, -0.2) is 4.79 Å². The second-order valence-electron chi connectivity index (χ2n) is 2.46. The molecule has 13 heavy (non-hydrogen) atoms. The molecule has 0 fully saturated rings. The molecule has 0 unspecified atom stereocenters. The molecule has 3 N–H and O–H groups in total. The van der Waals surface area contributed by atoms with E-state index in [-0.39, 0.29) is 6.61 Å². The van der Waals surface area contributed by atoms with Crippen LogP contribution in [0.2, 0.25) is 0 Å². The maximum absolute atomic E-state index is 10.9. The summed E-state index contributed by atoms with van der Waals surface area (Å²) < 4.78 is 4.61. The first-order chi connectivity index (χ1) is 5.99. The number of primary amides is 1. The minimum absolute atomic E-state index is 0.286. The minimum Gasteiger partial charge on any atom is -0.450 e. The highest BCUT2D eigenvalue weighted by Gasteiger charge is 2.06. The molecule has 0 heterocycles. The van der Waals surface area contributed by atoms with Crippen LogP contribution in [0.5, 0.6) is 0 Å². The highest BCUT2D eigenvalue weighted by Crippen LogP contribution is 1.98. The first-order valence-electron chi connectivity index (χ1n) is 3.90. The van der Waals surface area contributed by atoms with Gasteiger partial charge in [0.1, 0.15) is 0 Å². The number of carbonyl (C=O) groups is 2. The van der Waals surface area contributed by atoms with Crippen molar-refractivity contribution in [2.45, 2.75) is 20.8 Å². The van der Waals surface area contributed by atoms with Gasteiger partial charge < -0.3 is 10.5 Å². The summed E-state index contributed by atoms with van der Waals surface area (Å²) >= 11 is 0. The SMILES string of the molecule is CCOC(=O)N/C(C)=C(\C)C(N)=O. The van der Waals surface area contributed by atoms with E-state index >= 15 is 0 Å². The van der Waals surface area contributed by atoms with Gasteiger partial charge in [-0.15, -0.1) is 0 Å². The highest BCUT2D eigenvalue weighted by atomic mass is 16.5. The summed E-state index contributed by atoms with van der Waals surface area (Å²) in [4.78, 5) is 21.5. The fourth-order valence-electron chi connectivity index (χ4n) is 0.599. The molecule has 0 radical (unpaired) electrons. The molecule has 0 aliphatic heterocycles. The number of ether oxygens (including phenoxy) is 1. The Labute approximate surface area is 76.9 Å². The molecule has 5 heteroatoms. The smallest absolute Gasteiger partial charge is 0.411 e. The van der Waals surface area contributed by atoms with Crippen molar-refractivity contribution in [2.75, 3.05) is 6.61 Å². The summed E-state index contributed by atoms with van der Waals surface area (Å²) in [6, 6.07) is 0. The molecule has 0 saturated carbocycles. The average molecular weight is 186 g/mol. The van der Waals surface area contributed by atoms with Crippen LogP contribution in [0, 0.1) is 0 Å². The molecule has 0 aromatic rings. The van der Waals surface area contributed by atoms with Gasteiger partial charge in [0.05, 0.1) is 6.61 Å². The van der Waals surface area contributed by atoms with Gasteiger partial charge in [-0.05, 0) is 20.8 Å². The van der Waals surface area contributed by atoms with Gasteiger partial charge in [-0.3, -0.25) is 10.1 Å². The van der Waals surface area contributed by atoms with Gasteiger partial charge in [0.2, 0.25) is 5.91 Å². The molecule has 0 rings (SSSR count). The lowest BCUT2D eigenvalue weighted by atomic mass is 10.2. The molecular weight excluding hydrogens is 172 g/mol. The zero-order valence-electron chi connectivity index (χ0n) is 8.01. The number of amides is 2. The van der Waals surface area contributed by atoms with Gasteiger partial charge >= 0.3 is 6.09 Å². The minimum atomic E-state index is -0.583. The van der Waals surface area contributed by atoms with E-state index in [0.29, 0.717) is 11.3 Å². The summed E-state index contributed by atoms with van der Waals surface area (Å²) in [6.45, 7) is 5.09. The number of nitrogens with one attached hydrogen (secondary N) is 1. The topological polar surface area (TPSA) is 81.4 Å². The predicted molar refractivity (Wildman–Crippen MR) is 47.7 cm³/mol. The monoisotopic (exact) mass is 186 g/mol. The lowest BCUT2D eigenvalue weighted by molar-refractivity contribution is -0.114. The van der Waals surface area contributed by atoms with Crippen molar-refractivity contribution in [1.82, 2.24) is 5.32 Å². The van der Waals surface area contributed by atoms with Gasteiger partial charge in [0, 0.05) is 11.3 Å². The van der Waals surface area contributed by atoms with E-state index in [0.717, 1.165) is 0 Å². The predicted octanol–water partition coefficient (Wildman–Crippen LogP) is 0.512. The number of alkyl carbamates (subject to hydrolysis) is 1. The highest BCUT2D eigenvalue weighted by molar-refractivity contribution is 5.92. The Morgan fingerprint density at radius 2 is 1.92 bits per heavy atom. The van der Waals surface area contributed by atoms with Crippen molar-refractivity contribution in [1.29, 1.82) is 0 Å². The first-order valence-corrected chi connectivity index (χ1v) is 3.90. The Morgan fingerprint density at radius 3 is 2.31 bits per heavy atom. The number of carbonyl (C=O) groups excluding carboxylic acids is 2. The molecular formula is C8H14N2O3. The summed E-state index contributed by atoms with van der Waals surface area (Å²) in [5.74, 6) is -0.561. The Morgan fingerprint density at radius 1 is 1.38 bits per heavy atom. The Bertz CT molecular complexity index is 246. The third-order valence-electron chi connectivity index (χ3n) is 1.50. The number of nitrogens with two attached hydrogens (primary N) is 1. The van der Waals surface area contributed by atoms with E-state index in [4.69, 9.17) is 5.73 Å². The van der Waals surface area contributed by atoms with E-state index in [9.17, 15) is 9.59 Å². The van der Waals surface area contributed by atoms with Crippen LogP contribution in [0.1, 0.15) is 20.8 Å². The molecule has 0 aromatic heterocycles. The van der Waals surface area contributed by atoms with Crippen LogP contribution in [0.3, 0.4) is 0 Å². The van der Waals surface area contributed by atoms with Crippen molar-refractivity contribution in [3.05, 3.63) is 11.3 Å². The Hall–Kier alpha value is -1.52. The number of hydrogen-bond acceptors (Lipinski definition) is 3. The van der Waals surface area contributed by atoms with E-state index in [1.165, 1.54) is 6.92 Å². The van der Waals surface area contributed by atoms with E-state index in [2.05, 4.69) is 10.1 Å². The zero-order valence-corrected chi connectivity index (χ0v) is 8.01. The Kier molecular flexibility index (Phi) is 4.58. The molecule has 0 aliphatic rings. The quantitative estimate of drug-likeness (QED) is 0.630. The third kappa shape index (κ3) is 4.15. The molecule has 0 bridgehead atoms. The summed E-state index contributed by atoms with van der Waals surface area (Å²) in [7, 11) is 0. The van der Waals surface area contributed by atoms with Gasteiger partial charge in [-0.1, -0.05) is 0 Å². The van der Waals surface area contributed by atoms with Crippen molar-refractivity contribution < 1.29 is 14.3 Å². The van der Waals surface area contributed by atoms with Gasteiger partial charge in [0.25, 0.3) is 0 Å². The van der Waals surface area contributed by atoms with Crippen molar-refractivity contribution in [3.63, 3.8) is 0 Å². The fourth-order valence-corrected chi connectivity index (χ4v) is 0.599. The van der Waals surface area contributed by atoms with E-state index in [1.807, 2.05) is 0 Å². The second-order valence-corrected chi connectivity index (χ2v) is 2.46. The molecule has 74 valence electrons. The standard InChI is InChI=1S/C8H14N2O3/c1-4-13-8(12)10-6(3)5(2)7(9)11/h4H2,1-3H3,(H2,9,11)(H,10,12)/b6-5+. The van der Waals surface area contributed by atoms with Crippen LogP contribution in [-0.2, 0) is 9.53 Å². The Balaban J connectivity index is 4.28. The van der Waals surface area contributed by atoms with Crippen LogP contribution >= 0.6 is 0 Å². The van der Waals surface area contributed by atoms with Crippen LogP contribution in [0.25, 0.3) is 0 Å². The van der Waals surface area contributed by atoms with Crippen molar-refractivity contribution >= 4 is 12.0 Å². The van der Waals surface area contributed by atoms with Crippen LogP contribution in [0.15, 0.2) is 11.3 Å². The maximum Gasteiger partial charge on any atom is 0.411 e. The average Bonchev–Trinajstić information content (AvgIpc) is 2.03. The summed E-state index contributed by atoms with van der Waals surface area (Å²) in [6.07, 6.45) is -0.583. The van der Waals surface area contributed by atoms with E-state index in [1.54, 1.807) is 13.8 Å². The number of allylic oxidation sites excluding steroid dienone is 1. The van der Waals surface area contributed by atoms with Gasteiger partial charge in [0.15, 0.2) is 0 Å². The lowest BCUT2D eigenvalue weighted by Gasteiger charge is -2.06. The first kappa shape index (κ1) is 11.5.